The van der Waals surface area contributed by atoms with Gasteiger partial charge in [-0.05, 0) is 67.7 Å². The quantitative estimate of drug-likeness (QED) is 0.618. The maximum atomic E-state index is 4.31. The van der Waals surface area contributed by atoms with Crippen LogP contribution in [0.1, 0.15) is 55.0 Å². The Morgan fingerprint density at radius 2 is 1.54 bits per heavy atom. The van der Waals surface area contributed by atoms with Crippen molar-refractivity contribution in [1.29, 1.82) is 0 Å². The molecule has 0 heterocycles. The van der Waals surface area contributed by atoms with Crippen LogP contribution in [-0.2, 0) is 12.8 Å². The Hall–Kier alpha value is -2.02. The van der Waals surface area contributed by atoms with Gasteiger partial charge in [-0.2, -0.15) is 0 Å². The number of benzene rings is 2. The summed E-state index contributed by atoms with van der Waals surface area (Å²) in [5.41, 5.74) is 8.12. The molecule has 0 saturated carbocycles. The first-order valence-electron chi connectivity index (χ1n) is 9.71. The van der Waals surface area contributed by atoms with E-state index in [0.717, 1.165) is 25.0 Å². The molecule has 0 saturated heterocycles. The standard InChI is InChI=1S/C25H35N/c1-18-8-12-23(13-9-18)17-24(25(5,6)7)26-21(4)11-15-22-14-10-19(2)20(3)16-22/h8-10,12-14,16,24,26H,4,11,15,17H2,1-3,5-7H3. The van der Waals surface area contributed by atoms with E-state index in [4.69, 9.17) is 0 Å². The molecular weight excluding hydrogens is 314 g/mol. The highest BCUT2D eigenvalue weighted by atomic mass is 14.9. The van der Waals surface area contributed by atoms with Crippen molar-refractivity contribution in [3.63, 3.8) is 0 Å². The van der Waals surface area contributed by atoms with Gasteiger partial charge in [0.2, 0.25) is 0 Å². The fourth-order valence-electron chi connectivity index (χ4n) is 3.11. The molecule has 0 aromatic heterocycles. The van der Waals surface area contributed by atoms with E-state index in [1.807, 2.05) is 0 Å². The third-order valence-corrected chi connectivity index (χ3v) is 5.27. The largest absolute Gasteiger partial charge is 0.385 e. The van der Waals surface area contributed by atoms with Gasteiger partial charge in [0.25, 0.3) is 0 Å². The van der Waals surface area contributed by atoms with Gasteiger partial charge in [-0.1, -0.05) is 75.4 Å². The van der Waals surface area contributed by atoms with Gasteiger partial charge in [-0.15, -0.1) is 0 Å². The zero-order valence-electron chi connectivity index (χ0n) is 17.4. The van der Waals surface area contributed by atoms with E-state index >= 15 is 0 Å². The summed E-state index contributed by atoms with van der Waals surface area (Å²) in [6, 6.07) is 16.0. The van der Waals surface area contributed by atoms with Crippen molar-refractivity contribution in [3.8, 4) is 0 Å². The third kappa shape index (κ3) is 6.05. The van der Waals surface area contributed by atoms with Crippen molar-refractivity contribution in [1.82, 2.24) is 5.32 Å². The number of nitrogens with one attached hydrogen (secondary N) is 1. The molecule has 2 aromatic rings. The number of allylic oxidation sites excluding steroid dienone is 1. The summed E-state index contributed by atoms with van der Waals surface area (Å²) in [6.07, 6.45) is 3.03. The van der Waals surface area contributed by atoms with Crippen LogP contribution in [0.5, 0.6) is 0 Å². The molecule has 0 bridgehead atoms. The minimum Gasteiger partial charge on any atom is -0.385 e. The van der Waals surface area contributed by atoms with Crippen molar-refractivity contribution < 1.29 is 0 Å². The summed E-state index contributed by atoms with van der Waals surface area (Å²) in [5, 5.41) is 3.72. The van der Waals surface area contributed by atoms with Crippen LogP contribution < -0.4 is 5.32 Å². The molecular formula is C25H35N. The van der Waals surface area contributed by atoms with Crippen molar-refractivity contribution in [2.24, 2.45) is 5.41 Å². The predicted octanol–water partition coefficient (Wildman–Crippen LogP) is 6.31. The molecule has 140 valence electrons. The molecule has 0 amide bonds. The van der Waals surface area contributed by atoms with Gasteiger partial charge >= 0.3 is 0 Å². The Kier molecular flexibility index (Phi) is 6.69. The third-order valence-electron chi connectivity index (χ3n) is 5.27. The second-order valence-electron chi connectivity index (χ2n) is 8.77. The lowest BCUT2D eigenvalue weighted by Gasteiger charge is -2.33. The maximum absolute atomic E-state index is 4.31. The minimum absolute atomic E-state index is 0.175. The van der Waals surface area contributed by atoms with Crippen LogP contribution in [0, 0.1) is 26.2 Å². The van der Waals surface area contributed by atoms with Crippen LogP contribution in [0.3, 0.4) is 0 Å². The van der Waals surface area contributed by atoms with E-state index < -0.39 is 0 Å². The first-order valence-corrected chi connectivity index (χ1v) is 9.71. The Balaban J connectivity index is 1.97. The summed E-state index contributed by atoms with van der Waals surface area (Å²) in [4.78, 5) is 0. The smallest absolute Gasteiger partial charge is 0.0346 e. The predicted molar refractivity (Wildman–Crippen MR) is 115 cm³/mol. The second-order valence-corrected chi connectivity index (χ2v) is 8.77. The zero-order chi connectivity index (χ0) is 19.3. The lowest BCUT2D eigenvalue weighted by atomic mass is 9.82. The SMILES string of the molecule is C=C(CCc1ccc(C)c(C)c1)NC(Cc1ccc(C)cc1)C(C)(C)C. The average molecular weight is 350 g/mol. The van der Waals surface area contributed by atoms with Crippen LogP contribution in [0.15, 0.2) is 54.7 Å². The van der Waals surface area contributed by atoms with Crippen molar-refractivity contribution >= 4 is 0 Å². The molecule has 0 aliphatic rings. The lowest BCUT2D eigenvalue weighted by Crippen LogP contribution is -2.41. The molecule has 1 N–H and O–H groups in total. The van der Waals surface area contributed by atoms with Crippen LogP contribution >= 0.6 is 0 Å². The van der Waals surface area contributed by atoms with Gasteiger partial charge in [0.15, 0.2) is 0 Å². The highest BCUT2D eigenvalue weighted by Gasteiger charge is 2.25. The summed E-state index contributed by atoms with van der Waals surface area (Å²) < 4.78 is 0. The van der Waals surface area contributed by atoms with Crippen LogP contribution in [0.2, 0.25) is 0 Å². The first-order chi connectivity index (χ1) is 12.1. The number of hydrogen-bond donors (Lipinski definition) is 1. The Bertz CT molecular complexity index is 732. The summed E-state index contributed by atoms with van der Waals surface area (Å²) in [7, 11) is 0. The summed E-state index contributed by atoms with van der Waals surface area (Å²) >= 11 is 0. The lowest BCUT2D eigenvalue weighted by molar-refractivity contribution is 0.280. The van der Waals surface area contributed by atoms with Crippen molar-refractivity contribution in [2.75, 3.05) is 0 Å². The van der Waals surface area contributed by atoms with Crippen LogP contribution in [0.25, 0.3) is 0 Å². The summed E-state index contributed by atoms with van der Waals surface area (Å²) in [5.74, 6) is 0. The van der Waals surface area contributed by atoms with E-state index in [0.29, 0.717) is 6.04 Å². The minimum atomic E-state index is 0.175. The second kappa shape index (κ2) is 8.58. The Morgan fingerprint density at radius 1 is 0.923 bits per heavy atom. The van der Waals surface area contributed by atoms with Gasteiger partial charge in [0.05, 0.1) is 0 Å². The average Bonchev–Trinajstić information content (AvgIpc) is 2.56. The number of aryl methyl sites for hydroxylation is 4. The van der Waals surface area contributed by atoms with Gasteiger partial charge in [-0.25, -0.2) is 0 Å². The molecule has 0 aliphatic carbocycles. The van der Waals surface area contributed by atoms with Gasteiger partial charge in [0, 0.05) is 11.7 Å². The Morgan fingerprint density at radius 3 is 2.12 bits per heavy atom. The van der Waals surface area contributed by atoms with E-state index in [-0.39, 0.29) is 5.41 Å². The molecule has 1 nitrogen and oxygen atoms in total. The molecule has 0 aliphatic heterocycles. The van der Waals surface area contributed by atoms with E-state index in [1.54, 1.807) is 0 Å². The zero-order valence-corrected chi connectivity index (χ0v) is 17.4. The molecule has 2 aromatic carbocycles. The topological polar surface area (TPSA) is 12.0 Å². The molecule has 0 radical (unpaired) electrons. The maximum Gasteiger partial charge on any atom is 0.0346 e. The Labute approximate surface area is 160 Å². The highest BCUT2D eigenvalue weighted by molar-refractivity contribution is 5.30. The van der Waals surface area contributed by atoms with Crippen molar-refractivity contribution in [3.05, 3.63) is 82.6 Å². The molecule has 26 heavy (non-hydrogen) atoms. The molecule has 1 heteroatoms. The molecule has 2 rings (SSSR count). The molecule has 0 spiro atoms. The van der Waals surface area contributed by atoms with Crippen molar-refractivity contribution in [2.45, 2.75) is 66.8 Å². The molecule has 1 unspecified atom stereocenters. The normalized spacial score (nSPS) is 12.7. The van der Waals surface area contributed by atoms with E-state index in [1.165, 1.54) is 27.8 Å². The summed E-state index contributed by atoms with van der Waals surface area (Å²) in [6.45, 7) is 17.7. The van der Waals surface area contributed by atoms with E-state index in [9.17, 15) is 0 Å². The van der Waals surface area contributed by atoms with Gasteiger partial charge < -0.3 is 5.32 Å². The van der Waals surface area contributed by atoms with Crippen LogP contribution in [0.4, 0.5) is 0 Å². The first kappa shape index (κ1) is 20.3. The van der Waals surface area contributed by atoms with E-state index in [2.05, 4.69) is 95.9 Å². The van der Waals surface area contributed by atoms with Gasteiger partial charge in [-0.3, -0.25) is 0 Å². The molecule has 1 atom stereocenters. The fraction of sp³-hybridized carbons (Fsp3) is 0.440. The molecule has 0 fully saturated rings. The fourth-order valence-corrected chi connectivity index (χ4v) is 3.11. The highest BCUT2D eigenvalue weighted by Crippen LogP contribution is 2.24. The monoisotopic (exact) mass is 349 g/mol. The van der Waals surface area contributed by atoms with Crippen LogP contribution in [-0.4, -0.2) is 6.04 Å². The number of rotatable bonds is 7. The number of hydrogen-bond acceptors (Lipinski definition) is 1. The van der Waals surface area contributed by atoms with Gasteiger partial charge in [0.1, 0.15) is 0 Å².